The number of anilines is 1. The third-order valence-corrected chi connectivity index (χ3v) is 6.83. The number of hydrogen-bond donors (Lipinski definition) is 1. The van der Waals surface area contributed by atoms with E-state index in [0.717, 1.165) is 69.5 Å². The highest BCUT2D eigenvalue weighted by Crippen LogP contribution is 2.30. The third kappa shape index (κ3) is 4.09. The zero-order valence-electron chi connectivity index (χ0n) is 17.2. The smallest absolute Gasteiger partial charge is 0.225 e. The van der Waals surface area contributed by atoms with E-state index in [0.29, 0.717) is 24.4 Å². The first kappa shape index (κ1) is 19.4. The molecule has 28 heavy (non-hydrogen) atoms. The van der Waals surface area contributed by atoms with Gasteiger partial charge in [-0.25, -0.2) is 0 Å². The molecule has 0 bridgehead atoms. The molecule has 1 saturated carbocycles. The second-order valence-electron chi connectivity index (χ2n) is 8.94. The van der Waals surface area contributed by atoms with E-state index in [2.05, 4.69) is 35.0 Å². The van der Waals surface area contributed by atoms with Crippen LogP contribution in [0.2, 0.25) is 0 Å². The molecule has 1 N–H and O–H groups in total. The summed E-state index contributed by atoms with van der Waals surface area (Å²) >= 11 is 0. The van der Waals surface area contributed by atoms with Crippen molar-refractivity contribution < 1.29 is 9.59 Å². The molecule has 0 aromatic heterocycles. The predicted molar refractivity (Wildman–Crippen MR) is 112 cm³/mol. The molecular formula is C23H33N3O2. The number of nitrogens with zero attached hydrogens (tertiary/aromatic N) is 2. The second kappa shape index (κ2) is 8.24. The number of fused-ring (bicyclic) bond motifs is 1. The summed E-state index contributed by atoms with van der Waals surface area (Å²) in [6.07, 6.45) is 5.55. The highest BCUT2D eigenvalue weighted by Gasteiger charge is 2.31. The zero-order valence-corrected chi connectivity index (χ0v) is 17.2. The summed E-state index contributed by atoms with van der Waals surface area (Å²) in [6.45, 7) is 8.21. The maximum Gasteiger partial charge on any atom is 0.225 e. The summed E-state index contributed by atoms with van der Waals surface area (Å²) in [5.74, 6) is 0.842. The van der Waals surface area contributed by atoms with Crippen LogP contribution in [0.25, 0.3) is 0 Å². The minimum Gasteiger partial charge on any atom is -0.382 e. The lowest BCUT2D eigenvalue weighted by Gasteiger charge is -2.39. The summed E-state index contributed by atoms with van der Waals surface area (Å²) in [5, 5.41) is 3.64. The van der Waals surface area contributed by atoms with Gasteiger partial charge < -0.3 is 10.2 Å². The zero-order chi connectivity index (χ0) is 19.7. The van der Waals surface area contributed by atoms with E-state index < -0.39 is 0 Å². The van der Waals surface area contributed by atoms with Crippen molar-refractivity contribution in [3.05, 3.63) is 29.3 Å². The Balaban J connectivity index is 1.26. The van der Waals surface area contributed by atoms with Crippen LogP contribution in [0.15, 0.2) is 18.2 Å². The molecule has 152 valence electrons. The minimum atomic E-state index is 0.196. The lowest BCUT2D eigenvalue weighted by atomic mass is 9.85. The fourth-order valence-electron chi connectivity index (χ4n) is 4.98. The average Bonchev–Trinajstić information content (AvgIpc) is 3.08. The van der Waals surface area contributed by atoms with Crippen molar-refractivity contribution in [1.82, 2.24) is 9.80 Å². The Morgan fingerprint density at radius 2 is 1.75 bits per heavy atom. The molecule has 1 heterocycles. The number of aryl methyl sites for hydroxylation is 1. The van der Waals surface area contributed by atoms with Gasteiger partial charge >= 0.3 is 0 Å². The number of rotatable bonds is 4. The predicted octanol–water partition coefficient (Wildman–Crippen LogP) is 3.34. The van der Waals surface area contributed by atoms with Crippen molar-refractivity contribution in [1.29, 1.82) is 0 Å². The van der Waals surface area contributed by atoms with Crippen LogP contribution in [0.1, 0.15) is 61.9 Å². The van der Waals surface area contributed by atoms with Gasteiger partial charge in [-0.15, -0.1) is 0 Å². The Hall–Kier alpha value is -1.88. The van der Waals surface area contributed by atoms with E-state index in [1.54, 1.807) is 0 Å². The number of benzene rings is 1. The molecule has 1 amide bonds. The average molecular weight is 384 g/mol. The van der Waals surface area contributed by atoms with Gasteiger partial charge in [-0.2, -0.15) is 0 Å². The van der Waals surface area contributed by atoms with E-state index in [1.165, 1.54) is 5.56 Å². The molecule has 5 nitrogen and oxygen atoms in total. The lowest BCUT2D eigenvalue weighted by Crippen LogP contribution is -2.52. The Kier molecular flexibility index (Phi) is 5.72. The molecule has 1 aromatic carbocycles. The van der Waals surface area contributed by atoms with Gasteiger partial charge in [0.2, 0.25) is 5.91 Å². The van der Waals surface area contributed by atoms with E-state index in [9.17, 15) is 9.59 Å². The van der Waals surface area contributed by atoms with Gasteiger partial charge in [-0.3, -0.25) is 14.5 Å². The Morgan fingerprint density at radius 1 is 1.04 bits per heavy atom. The standard InChI is InChI=1S/C23H33N3O2/c1-16(2)25-11-13-26(14-12-25)23(28)17-3-6-19(7-4-17)24-20-8-9-21-18(15-20)5-10-22(21)27/h8-9,15-17,19,24H,3-7,10-14H2,1-2H3/t17-,19+. The molecule has 3 aliphatic rings. The fourth-order valence-corrected chi connectivity index (χ4v) is 4.98. The number of ketones is 1. The molecule has 0 radical (unpaired) electrons. The topological polar surface area (TPSA) is 52.6 Å². The summed E-state index contributed by atoms with van der Waals surface area (Å²) in [7, 11) is 0. The minimum absolute atomic E-state index is 0.196. The second-order valence-corrected chi connectivity index (χ2v) is 8.94. The molecule has 0 atom stereocenters. The van der Waals surface area contributed by atoms with Gasteiger partial charge in [-0.05, 0) is 69.7 Å². The Morgan fingerprint density at radius 3 is 2.43 bits per heavy atom. The maximum atomic E-state index is 12.9. The number of carbonyl (C=O) groups is 2. The van der Waals surface area contributed by atoms with E-state index in [-0.39, 0.29) is 11.7 Å². The van der Waals surface area contributed by atoms with Crippen molar-refractivity contribution >= 4 is 17.4 Å². The highest BCUT2D eigenvalue weighted by molar-refractivity contribution is 6.00. The number of amides is 1. The molecule has 1 aromatic rings. The van der Waals surface area contributed by atoms with Crippen LogP contribution in [0.5, 0.6) is 0 Å². The van der Waals surface area contributed by atoms with Gasteiger partial charge in [-0.1, -0.05) is 0 Å². The molecule has 0 spiro atoms. The van der Waals surface area contributed by atoms with Crippen molar-refractivity contribution in [2.45, 2.75) is 64.5 Å². The van der Waals surface area contributed by atoms with Gasteiger partial charge in [0.25, 0.3) is 0 Å². The fraction of sp³-hybridized carbons (Fsp3) is 0.652. The number of Topliss-reactive ketones (excluding diaryl/α,β-unsaturated/α-hetero) is 1. The summed E-state index contributed by atoms with van der Waals surface area (Å²) in [4.78, 5) is 29.2. The third-order valence-electron chi connectivity index (χ3n) is 6.83. The largest absolute Gasteiger partial charge is 0.382 e. The molecule has 0 unspecified atom stereocenters. The Labute approximate surface area is 168 Å². The van der Waals surface area contributed by atoms with Crippen LogP contribution >= 0.6 is 0 Å². The quantitative estimate of drug-likeness (QED) is 0.866. The summed E-state index contributed by atoms with van der Waals surface area (Å²) in [5.41, 5.74) is 3.20. The molecule has 2 fully saturated rings. The highest BCUT2D eigenvalue weighted by atomic mass is 16.2. The van der Waals surface area contributed by atoms with Crippen molar-refractivity contribution in [3.63, 3.8) is 0 Å². The Bertz CT molecular complexity index is 729. The number of piperazine rings is 1. The monoisotopic (exact) mass is 383 g/mol. The first-order valence-corrected chi connectivity index (χ1v) is 11.0. The van der Waals surface area contributed by atoms with Crippen LogP contribution in [0.3, 0.4) is 0 Å². The van der Waals surface area contributed by atoms with Gasteiger partial charge in [0.15, 0.2) is 5.78 Å². The van der Waals surface area contributed by atoms with E-state index in [4.69, 9.17) is 0 Å². The summed E-state index contributed by atoms with van der Waals surface area (Å²) in [6, 6.07) is 7.14. The van der Waals surface area contributed by atoms with Gasteiger partial charge in [0, 0.05) is 61.9 Å². The van der Waals surface area contributed by atoms with Crippen molar-refractivity contribution in [2.75, 3.05) is 31.5 Å². The van der Waals surface area contributed by atoms with Crippen molar-refractivity contribution in [3.8, 4) is 0 Å². The molecule has 2 aliphatic carbocycles. The van der Waals surface area contributed by atoms with E-state index in [1.807, 2.05) is 12.1 Å². The van der Waals surface area contributed by atoms with Gasteiger partial charge in [0.1, 0.15) is 0 Å². The summed E-state index contributed by atoms with van der Waals surface area (Å²) < 4.78 is 0. The van der Waals surface area contributed by atoms with Crippen LogP contribution in [0, 0.1) is 5.92 Å². The van der Waals surface area contributed by atoms with Gasteiger partial charge in [0.05, 0.1) is 0 Å². The first-order chi connectivity index (χ1) is 13.5. The molecule has 1 saturated heterocycles. The molecule has 4 rings (SSSR count). The van der Waals surface area contributed by atoms with Crippen LogP contribution < -0.4 is 5.32 Å². The lowest BCUT2D eigenvalue weighted by molar-refractivity contribution is -0.138. The van der Waals surface area contributed by atoms with Crippen LogP contribution in [0.4, 0.5) is 5.69 Å². The molecular weight excluding hydrogens is 350 g/mol. The maximum absolute atomic E-state index is 12.9. The number of hydrogen-bond acceptors (Lipinski definition) is 4. The number of carbonyl (C=O) groups excluding carboxylic acids is 2. The van der Waals surface area contributed by atoms with Crippen LogP contribution in [-0.2, 0) is 11.2 Å². The van der Waals surface area contributed by atoms with Crippen molar-refractivity contribution in [2.24, 2.45) is 5.92 Å². The number of nitrogens with one attached hydrogen (secondary N) is 1. The first-order valence-electron chi connectivity index (χ1n) is 11.0. The van der Waals surface area contributed by atoms with Crippen LogP contribution in [-0.4, -0.2) is 59.8 Å². The SMILES string of the molecule is CC(C)N1CCN(C(=O)[C@H]2CC[C@@H](Nc3ccc4c(c3)CCC4=O)CC2)CC1. The van der Waals surface area contributed by atoms with E-state index >= 15 is 0 Å². The molecule has 1 aliphatic heterocycles. The molecule has 5 heteroatoms. The normalized spacial score (nSPS) is 25.8.